The average molecular weight is 289 g/mol. The molecule has 1 aromatic carbocycles. The van der Waals surface area contributed by atoms with E-state index < -0.39 is 0 Å². The monoisotopic (exact) mass is 289 g/mol. The fraction of sp³-hybridized carbons (Fsp3) is 0.588. The summed E-state index contributed by atoms with van der Waals surface area (Å²) in [5.41, 5.74) is 1.98. The number of carbonyl (C=O) groups excluding carboxylic acids is 1. The highest BCUT2D eigenvalue weighted by Gasteiger charge is 2.28. The summed E-state index contributed by atoms with van der Waals surface area (Å²) in [7, 11) is 2.20. The lowest BCUT2D eigenvalue weighted by atomic mass is 9.89. The number of carbonyl (C=O) groups is 1. The van der Waals surface area contributed by atoms with Crippen LogP contribution < -0.4 is 10.6 Å². The number of amides is 1. The highest BCUT2D eigenvalue weighted by atomic mass is 16.1. The molecule has 1 aromatic rings. The van der Waals surface area contributed by atoms with E-state index in [1.807, 2.05) is 31.2 Å². The molecule has 3 atom stereocenters. The van der Waals surface area contributed by atoms with Gasteiger partial charge in [0.2, 0.25) is 5.91 Å². The van der Waals surface area contributed by atoms with E-state index in [2.05, 4.69) is 36.4 Å². The molecular weight excluding hydrogens is 262 g/mol. The maximum Gasteiger partial charge on any atom is 0.224 e. The van der Waals surface area contributed by atoms with Crippen LogP contribution >= 0.6 is 0 Å². The molecule has 116 valence electrons. The number of nitrogens with zero attached hydrogens (tertiary/aromatic N) is 1. The molecule has 4 heteroatoms. The summed E-state index contributed by atoms with van der Waals surface area (Å²) in [6, 6.07) is 9.12. The molecule has 0 spiro atoms. The Kier molecular flexibility index (Phi) is 5.23. The van der Waals surface area contributed by atoms with Gasteiger partial charge in [0, 0.05) is 36.4 Å². The molecule has 1 amide bonds. The number of likely N-dealkylation sites (tertiary alicyclic amines) is 1. The van der Waals surface area contributed by atoms with Crippen LogP contribution in [-0.4, -0.2) is 36.5 Å². The minimum Gasteiger partial charge on any atom is -0.382 e. The molecule has 1 heterocycles. The number of rotatable bonds is 4. The van der Waals surface area contributed by atoms with Crippen molar-refractivity contribution in [3.05, 3.63) is 24.3 Å². The van der Waals surface area contributed by atoms with Gasteiger partial charge in [0.05, 0.1) is 0 Å². The third kappa shape index (κ3) is 4.21. The normalized spacial score (nSPS) is 26.4. The Balaban J connectivity index is 1.95. The van der Waals surface area contributed by atoms with Crippen LogP contribution in [0.1, 0.15) is 33.6 Å². The molecule has 0 radical (unpaired) electrons. The molecule has 1 saturated heterocycles. The second-order valence-corrected chi connectivity index (χ2v) is 6.23. The Bertz CT molecular complexity index is 471. The summed E-state index contributed by atoms with van der Waals surface area (Å²) in [6.07, 6.45) is 1.66. The molecule has 0 aromatic heterocycles. The second-order valence-electron chi connectivity index (χ2n) is 6.23. The van der Waals surface area contributed by atoms with Gasteiger partial charge in [-0.05, 0) is 50.6 Å². The second kappa shape index (κ2) is 6.94. The number of benzene rings is 1. The summed E-state index contributed by atoms with van der Waals surface area (Å²) in [4.78, 5) is 13.8. The summed E-state index contributed by atoms with van der Waals surface area (Å²) >= 11 is 0. The maximum atomic E-state index is 11.4. The van der Waals surface area contributed by atoms with Crippen LogP contribution in [-0.2, 0) is 4.79 Å². The Morgan fingerprint density at radius 1 is 1.24 bits per heavy atom. The van der Waals surface area contributed by atoms with Crippen LogP contribution in [0.25, 0.3) is 0 Å². The standard InChI is InChI=1S/C17H27N3O/c1-5-17(21)19-15-8-6-14(7-9-15)18-16-10-13(3)20(4)11-12(16)2/h6-9,12-13,16,18H,5,10-11H2,1-4H3,(H,19,21). The predicted octanol–water partition coefficient (Wildman–Crippen LogP) is 3.18. The summed E-state index contributed by atoms with van der Waals surface area (Å²) in [6.45, 7) is 7.57. The quantitative estimate of drug-likeness (QED) is 0.895. The highest BCUT2D eigenvalue weighted by Crippen LogP contribution is 2.25. The van der Waals surface area contributed by atoms with E-state index in [4.69, 9.17) is 0 Å². The summed E-state index contributed by atoms with van der Waals surface area (Å²) in [5, 5.41) is 6.51. The van der Waals surface area contributed by atoms with Crippen molar-refractivity contribution in [2.75, 3.05) is 24.2 Å². The van der Waals surface area contributed by atoms with Gasteiger partial charge in [-0.15, -0.1) is 0 Å². The minimum atomic E-state index is 0.0495. The van der Waals surface area contributed by atoms with E-state index in [1.165, 1.54) is 0 Å². The van der Waals surface area contributed by atoms with Crippen LogP contribution in [0.15, 0.2) is 24.3 Å². The van der Waals surface area contributed by atoms with Gasteiger partial charge in [0.15, 0.2) is 0 Å². The van der Waals surface area contributed by atoms with Crippen molar-refractivity contribution in [3.63, 3.8) is 0 Å². The van der Waals surface area contributed by atoms with Gasteiger partial charge < -0.3 is 15.5 Å². The van der Waals surface area contributed by atoms with Gasteiger partial charge in [0.1, 0.15) is 0 Å². The summed E-state index contributed by atoms with van der Waals surface area (Å²) in [5.74, 6) is 0.680. The van der Waals surface area contributed by atoms with E-state index >= 15 is 0 Å². The maximum absolute atomic E-state index is 11.4. The van der Waals surface area contributed by atoms with Crippen molar-refractivity contribution in [1.82, 2.24) is 4.90 Å². The fourth-order valence-electron chi connectivity index (χ4n) is 2.86. The lowest BCUT2D eigenvalue weighted by Gasteiger charge is -2.40. The number of nitrogens with one attached hydrogen (secondary N) is 2. The Morgan fingerprint density at radius 3 is 2.48 bits per heavy atom. The van der Waals surface area contributed by atoms with Crippen LogP contribution in [0, 0.1) is 5.92 Å². The van der Waals surface area contributed by atoms with Crippen LogP contribution in [0.3, 0.4) is 0 Å². The molecule has 3 unspecified atom stereocenters. The van der Waals surface area contributed by atoms with Crippen LogP contribution in [0.5, 0.6) is 0 Å². The molecule has 1 aliphatic rings. The van der Waals surface area contributed by atoms with Gasteiger partial charge in [-0.3, -0.25) is 4.79 Å². The van der Waals surface area contributed by atoms with Crippen molar-refractivity contribution in [2.45, 2.75) is 45.7 Å². The Morgan fingerprint density at radius 2 is 1.86 bits per heavy atom. The average Bonchev–Trinajstić information content (AvgIpc) is 2.46. The Hall–Kier alpha value is -1.55. The third-order valence-electron chi connectivity index (χ3n) is 4.45. The summed E-state index contributed by atoms with van der Waals surface area (Å²) < 4.78 is 0. The minimum absolute atomic E-state index is 0.0495. The van der Waals surface area contributed by atoms with Crippen molar-refractivity contribution in [3.8, 4) is 0 Å². The lowest BCUT2D eigenvalue weighted by molar-refractivity contribution is -0.115. The SMILES string of the molecule is CCC(=O)Nc1ccc(NC2CC(C)N(C)CC2C)cc1. The first-order valence-electron chi connectivity index (χ1n) is 7.86. The number of hydrogen-bond acceptors (Lipinski definition) is 3. The molecule has 1 aliphatic heterocycles. The van der Waals surface area contributed by atoms with Crippen molar-refractivity contribution >= 4 is 17.3 Å². The molecule has 0 aliphatic carbocycles. The van der Waals surface area contributed by atoms with Crippen LogP contribution in [0.4, 0.5) is 11.4 Å². The molecule has 21 heavy (non-hydrogen) atoms. The third-order valence-corrected chi connectivity index (χ3v) is 4.45. The van der Waals surface area contributed by atoms with Gasteiger partial charge >= 0.3 is 0 Å². The molecule has 0 bridgehead atoms. The van der Waals surface area contributed by atoms with Gasteiger partial charge in [-0.2, -0.15) is 0 Å². The zero-order chi connectivity index (χ0) is 15.4. The smallest absolute Gasteiger partial charge is 0.224 e. The Labute approximate surface area is 127 Å². The predicted molar refractivity (Wildman–Crippen MR) is 88.6 cm³/mol. The highest BCUT2D eigenvalue weighted by molar-refractivity contribution is 5.90. The van der Waals surface area contributed by atoms with E-state index in [1.54, 1.807) is 0 Å². The molecular formula is C17H27N3O. The molecule has 2 rings (SSSR count). The van der Waals surface area contributed by atoms with Crippen molar-refractivity contribution < 1.29 is 4.79 Å². The number of anilines is 2. The zero-order valence-corrected chi connectivity index (χ0v) is 13.5. The van der Waals surface area contributed by atoms with E-state index in [0.29, 0.717) is 24.4 Å². The number of hydrogen-bond donors (Lipinski definition) is 2. The fourth-order valence-corrected chi connectivity index (χ4v) is 2.86. The first-order valence-corrected chi connectivity index (χ1v) is 7.86. The largest absolute Gasteiger partial charge is 0.382 e. The van der Waals surface area contributed by atoms with Gasteiger partial charge in [-0.25, -0.2) is 0 Å². The number of piperidine rings is 1. The van der Waals surface area contributed by atoms with Gasteiger partial charge in [0.25, 0.3) is 0 Å². The topological polar surface area (TPSA) is 44.4 Å². The lowest BCUT2D eigenvalue weighted by Crippen LogP contribution is -2.48. The van der Waals surface area contributed by atoms with E-state index in [-0.39, 0.29) is 5.91 Å². The first kappa shape index (κ1) is 15.8. The van der Waals surface area contributed by atoms with Crippen molar-refractivity contribution in [1.29, 1.82) is 0 Å². The molecule has 4 nitrogen and oxygen atoms in total. The zero-order valence-electron chi connectivity index (χ0n) is 13.5. The molecule has 0 saturated carbocycles. The molecule has 2 N–H and O–H groups in total. The molecule has 1 fully saturated rings. The van der Waals surface area contributed by atoms with Crippen LogP contribution in [0.2, 0.25) is 0 Å². The van der Waals surface area contributed by atoms with E-state index in [0.717, 1.165) is 24.3 Å². The van der Waals surface area contributed by atoms with Gasteiger partial charge in [-0.1, -0.05) is 13.8 Å². The first-order chi connectivity index (χ1) is 9.99. The van der Waals surface area contributed by atoms with Crippen molar-refractivity contribution in [2.24, 2.45) is 5.92 Å². The van der Waals surface area contributed by atoms with E-state index in [9.17, 15) is 4.79 Å².